The lowest BCUT2D eigenvalue weighted by atomic mass is 10.1. The third-order valence-corrected chi connectivity index (χ3v) is 4.74. The predicted molar refractivity (Wildman–Crippen MR) is 102 cm³/mol. The van der Waals surface area contributed by atoms with Gasteiger partial charge in [0.1, 0.15) is 0 Å². The number of amides is 3. The molecule has 8 heteroatoms. The number of carbonyl (C=O) groups is 2. The van der Waals surface area contributed by atoms with Crippen molar-refractivity contribution in [2.45, 2.75) is 39.2 Å². The molecule has 3 amide bonds. The zero-order valence-corrected chi connectivity index (χ0v) is 16.7. The maximum atomic E-state index is 12.6. The van der Waals surface area contributed by atoms with Crippen molar-refractivity contribution in [3.8, 4) is 5.75 Å². The first-order valence-electron chi connectivity index (χ1n) is 8.41. The van der Waals surface area contributed by atoms with Gasteiger partial charge in [-0.3, -0.25) is 4.79 Å². The van der Waals surface area contributed by atoms with Gasteiger partial charge in [-0.15, -0.1) is 0 Å². The molecule has 25 heavy (non-hydrogen) atoms. The molecular formula is C17H23BrClN3O3. The fourth-order valence-electron chi connectivity index (χ4n) is 2.75. The van der Waals surface area contributed by atoms with E-state index in [0.29, 0.717) is 47.0 Å². The molecule has 0 bridgehead atoms. The summed E-state index contributed by atoms with van der Waals surface area (Å²) in [5.41, 5.74) is 0.519. The monoisotopic (exact) mass is 431 g/mol. The zero-order chi connectivity index (χ0) is 18.4. The highest BCUT2D eigenvalue weighted by atomic mass is 79.9. The molecule has 0 saturated carbocycles. The highest BCUT2D eigenvalue weighted by molar-refractivity contribution is 9.10. The molecule has 138 valence electrons. The third kappa shape index (κ3) is 5.51. The number of piperidine rings is 1. The molecule has 1 fully saturated rings. The van der Waals surface area contributed by atoms with Gasteiger partial charge in [0.15, 0.2) is 5.75 Å². The number of ether oxygens (including phenoxy) is 1. The minimum absolute atomic E-state index is 0.00432. The highest BCUT2D eigenvalue weighted by Crippen LogP contribution is 2.36. The molecule has 0 aliphatic carbocycles. The molecule has 6 nitrogen and oxygen atoms in total. The zero-order valence-electron chi connectivity index (χ0n) is 14.4. The molecule has 1 unspecified atom stereocenters. The molecule has 1 saturated heterocycles. The Bertz CT molecular complexity index is 642. The SMILES string of the molecule is CCOc1c(Br)cc(Cl)cc1NC(=O)N1CCCC(NC(=O)CC)C1. The molecule has 1 heterocycles. The number of hydrogen-bond donors (Lipinski definition) is 2. The molecule has 0 spiro atoms. The van der Waals surface area contributed by atoms with Crippen LogP contribution in [0.15, 0.2) is 16.6 Å². The van der Waals surface area contributed by atoms with Crippen molar-refractivity contribution in [3.63, 3.8) is 0 Å². The number of anilines is 1. The van der Waals surface area contributed by atoms with Crippen molar-refractivity contribution in [3.05, 3.63) is 21.6 Å². The van der Waals surface area contributed by atoms with Gasteiger partial charge < -0.3 is 20.3 Å². The van der Waals surface area contributed by atoms with Crippen molar-refractivity contribution in [2.24, 2.45) is 0 Å². The number of nitrogens with zero attached hydrogens (tertiary/aromatic N) is 1. The van der Waals surface area contributed by atoms with Crippen LogP contribution >= 0.6 is 27.5 Å². The van der Waals surface area contributed by atoms with Crippen LogP contribution in [0.2, 0.25) is 5.02 Å². The Morgan fingerprint density at radius 3 is 2.84 bits per heavy atom. The lowest BCUT2D eigenvalue weighted by Crippen LogP contribution is -2.50. The Hall–Kier alpha value is -1.47. The maximum absolute atomic E-state index is 12.6. The Labute approximate surface area is 161 Å². The van der Waals surface area contributed by atoms with Crippen LogP contribution < -0.4 is 15.4 Å². The molecule has 0 radical (unpaired) electrons. The van der Waals surface area contributed by atoms with Gasteiger partial charge in [-0.1, -0.05) is 18.5 Å². The Balaban J connectivity index is 2.07. The van der Waals surface area contributed by atoms with Gasteiger partial charge in [0.05, 0.1) is 16.8 Å². The quantitative estimate of drug-likeness (QED) is 0.738. The number of hydrogen-bond acceptors (Lipinski definition) is 3. The second-order valence-corrected chi connectivity index (χ2v) is 7.12. The number of urea groups is 1. The average Bonchev–Trinajstić information content (AvgIpc) is 2.58. The van der Waals surface area contributed by atoms with Crippen LogP contribution in [0.3, 0.4) is 0 Å². The predicted octanol–water partition coefficient (Wildman–Crippen LogP) is 4.02. The fraction of sp³-hybridized carbons (Fsp3) is 0.529. The Kier molecular flexibility index (Phi) is 7.38. The summed E-state index contributed by atoms with van der Waals surface area (Å²) in [5.74, 6) is 0.553. The summed E-state index contributed by atoms with van der Waals surface area (Å²) in [7, 11) is 0. The van der Waals surface area contributed by atoms with Gasteiger partial charge in [-0.25, -0.2) is 4.79 Å². The fourth-order valence-corrected chi connectivity index (χ4v) is 3.67. The maximum Gasteiger partial charge on any atom is 0.322 e. The van der Waals surface area contributed by atoms with Gasteiger partial charge in [-0.05, 0) is 47.8 Å². The van der Waals surface area contributed by atoms with E-state index in [0.717, 1.165) is 12.8 Å². The van der Waals surface area contributed by atoms with Crippen LogP contribution in [0.25, 0.3) is 0 Å². The summed E-state index contributed by atoms with van der Waals surface area (Å²) < 4.78 is 6.29. The lowest BCUT2D eigenvalue weighted by Gasteiger charge is -2.33. The summed E-state index contributed by atoms with van der Waals surface area (Å²) in [6, 6.07) is 3.14. The first-order valence-corrected chi connectivity index (χ1v) is 9.58. The molecule has 1 aromatic carbocycles. The molecule has 0 aromatic heterocycles. The number of rotatable bonds is 5. The molecule has 1 atom stereocenters. The van der Waals surface area contributed by atoms with E-state index in [1.807, 2.05) is 13.8 Å². The molecule has 2 N–H and O–H groups in total. The van der Waals surface area contributed by atoms with E-state index < -0.39 is 0 Å². The van der Waals surface area contributed by atoms with Gasteiger partial charge in [0.25, 0.3) is 0 Å². The number of carbonyl (C=O) groups excluding carboxylic acids is 2. The van der Waals surface area contributed by atoms with Crippen LogP contribution in [0.5, 0.6) is 5.75 Å². The van der Waals surface area contributed by atoms with Crippen molar-refractivity contribution >= 4 is 45.2 Å². The molecule has 1 aliphatic rings. The van der Waals surface area contributed by atoms with Crippen LogP contribution in [0.4, 0.5) is 10.5 Å². The van der Waals surface area contributed by atoms with Crippen molar-refractivity contribution in [2.75, 3.05) is 25.0 Å². The first-order chi connectivity index (χ1) is 11.9. The molecule has 1 aromatic rings. The Morgan fingerprint density at radius 2 is 2.16 bits per heavy atom. The van der Waals surface area contributed by atoms with Crippen LogP contribution in [0, 0.1) is 0 Å². The van der Waals surface area contributed by atoms with Gasteiger partial charge in [0.2, 0.25) is 5.91 Å². The number of likely N-dealkylation sites (tertiary alicyclic amines) is 1. The van der Waals surface area contributed by atoms with Crippen molar-refractivity contribution in [1.29, 1.82) is 0 Å². The van der Waals surface area contributed by atoms with Gasteiger partial charge in [-0.2, -0.15) is 0 Å². The van der Waals surface area contributed by atoms with Crippen molar-refractivity contribution < 1.29 is 14.3 Å². The highest BCUT2D eigenvalue weighted by Gasteiger charge is 2.25. The van der Waals surface area contributed by atoms with E-state index in [4.69, 9.17) is 16.3 Å². The van der Waals surface area contributed by atoms with E-state index in [1.165, 1.54) is 0 Å². The average molecular weight is 433 g/mol. The van der Waals surface area contributed by atoms with Gasteiger partial charge in [0, 0.05) is 30.6 Å². The summed E-state index contributed by atoms with van der Waals surface area (Å²) in [4.78, 5) is 25.9. The van der Waals surface area contributed by atoms with Crippen LogP contribution in [-0.2, 0) is 4.79 Å². The summed E-state index contributed by atoms with van der Waals surface area (Å²) >= 11 is 9.50. The van der Waals surface area contributed by atoms with E-state index in [1.54, 1.807) is 17.0 Å². The van der Waals surface area contributed by atoms with Gasteiger partial charge >= 0.3 is 6.03 Å². The normalized spacial score (nSPS) is 17.1. The second-order valence-electron chi connectivity index (χ2n) is 5.83. The van der Waals surface area contributed by atoms with Crippen LogP contribution in [-0.4, -0.2) is 42.6 Å². The summed E-state index contributed by atoms with van der Waals surface area (Å²) in [6.45, 7) is 5.30. The lowest BCUT2D eigenvalue weighted by molar-refractivity contribution is -0.121. The molecule has 1 aliphatic heterocycles. The largest absolute Gasteiger partial charge is 0.491 e. The molecular weight excluding hydrogens is 410 g/mol. The topological polar surface area (TPSA) is 70.7 Å². The number of benzene rings is 1. The third-order valence-electron chi connectivity index (χ3n) is 3.93. The van der Waals surface area contributed by atoms with E-state index in [-0.39, 0.29) is 18.0 Å². The number of halogens is 2. The minimum atomic E-state index is -0.231. The molecule has 2 rings (SSSR count). The van der Waals surface area contributed by atoms with Crippen molar-refractivity contribution in [1.82, 2.24) is 10.2 Å². The van der Waals surface area contributed by atoms with Crippen LogP contribution in [0.1, 0.15) is 33.1 Å². The smallest absolute Gasteiger partial charge is 0.322 e. The standard InChI is InChI=1S/C17H23BrClN3O3/c1-3-15(23)20-12-6-5-7-22(10-12)17(24)21-14-9-11(19)8-13(18)16(14)25-4-2/h8-9,12H,3-7,10H2,1-2H3,(H,20,23)(H,21,24). The minimum Gasteiger partial charge on any atom is -0.491 e. The first kappa shape index (κ1) is 19.8. The Morgan fingerprint density at radius 1 is 1.40 bits per heavy atom. The second kappa shape index (κ2) is 9.29. The number of nitrogens with one attached hydrogen (secondary N) is 2. The summed E-state index contributed by atoms with van der Waals surface area (Å²) in [6.07, 6.45) is 2.17. The van der Waals surface area contributed by atoms with E-state index in [9.17, 15) is 9.59 Å². The summed E-state index contributed by atoms with van der Waals surface area (Å²) in [5, 5.41) is 6.32. The van der Waals surface area contributed by atoms with E-state index >= 15 is 0 Å². The van der Waals surface area contributed by atoms with E-state index in [2.05, 4.69) is 26.6 Å².